The van der Waals surface area contributed by atoms with Gasteiger partial charge in [0.1, 0.15) is 12.1 Å². The lowest BCUT2D eigenvalue weighted by molar-refractivity contribution is -0.138. The fourth-order valence-electron chi connectivity index (χ4n) is 2.38. The Kier molecular flexibility index (Phi) is 3.44. The molecule has 0 unspecified atom stereocenters. The first-order valence-corrected chi connectivity index (χ1v) is 6.12. The maximum Gasteiger partial charge on any atom is 0.326 e. The highest BCUT2D eigenvalue weighted by atomic mass is 35.5. The molecular weight excluding hydrogens is 252 g/mol. The van der Waals surface area contributed by atoms with Gasteiger partial charge in [0.15, 0.2) is 0 Å². The van der Waals surface area contributed by atoms with Crippen molar-refractivity contribution in [2.75, 3.05) is 11.4 Å². The summed E-state index contributed by atoms with van der Waals surface area (Å²) in [6, 6.07) is 4.95. The first kappa shape index (κ1) is 12.7. The van der Waals surface area contributed by atoms with Crippen molar-refractivity contribution >= 4 is 23.3 Å². The Bertz CT molecular complexity index is 537. The molecule has 1 atom stereocenters. The normalized spacial score (nSPS) is 18.7. The average Bonchev–Trinajstić information content (AvgIpc) is 2.81. The Labute approximate surface area is 110 Å². The van der Waals surface area contributed by atoms with E-state index in [4.69, 9.17) is 16.9 Å². The third-order valence-electron chi connectivity index (χ3n) is 3.33. The molecule has 0 amide bonds. The van der Waals surface area contributed by atoms with Gasteiger partial charge in [-0.25, -0.2) is 4.79 Å². The fourth-order valence-corrected chi connectivity index (χ4v) is 2.59. The van der Waals surface area contributed by atoms with Crippen molar-refractivity contribution in [2.45, 2.75) is 25.8 Å². The van der Waals surface area contributed by atoms with Crippen molar-refractivity contribution < 1.29 is 9.90 Å². The van der Waals surface area contributed by atoms with Crippen LogP contribution in [0.4, 0.5) is 5.69 Å². The maximum atomic E-state index is 11.2. The van der Waals surface area contributed by atoms with Crippen LogP contribution >= 0.6 is 11.6 Å². The van der Waals surface area contributed by atoms with Gasteiger partial charge >= 0.3 is 5.97 Å². The van der Waals surface area contributed by atoms with E-state index in [1.165, 1.54) is 0 Å². The molecule has 1 N–H and O–H groups in total. The van der Waals surface area contributed by atoms with E-state index in [0.29, 0.717) is 23.6 Å². The molecular formula is C13H13ClN2O2. The lowest BCUT2D eigenvalue weighted by atomic mass is 10.1. The van der Waals surface area contributed by atoms with E-state index in [-0.39, 0.29) is 0 Å². The molecule has 1 heterocycles. The second-order valence-electron chi connectivity index (χ2n) is 4.37. The maximum absolute atomic E-state index is 11.2. The molecule has 94 valence electrons. The molecule has 0 bridgehead atoms. The molecule has 1 saturated heterocycles. The molecule has 1 aromatic carbocycles. The smallest absolute Gasteiger partial charge is 0.326 e. The van der Waals surface area contributed by atoms with Crippen LogP contribution in [0.15, 0.2) is 12.1 Å². The van der Waals surface area contributed by atoms with Crippen LogP contribution in [0, 0.1) is 18.3 Å². The average molecular weight is 265 g/mol. The van der Waals surface area contributed by atoms with Crippen LogP contribution in [0.25, 0.3) is 0 Å². The Morgan fingerprint density at radius 1 is 1.61 bits per heavy atom. The number of halogens is 1. The van der Waals surface area contributed by atoms with Crippen LogP contribution in [0.1, 0.15) is 24.0 Å². The summed E-state index contributed by atoms with van der Waals surface area (Å²) in [6.07, 6.45) is 1.50. The number of hydrogen-bond donors (Lipinski definition) is 1. The SMILES string of the molecule is Cc1c(N2CCC[C@H]2C(=O)O)ccc(C#N)c1Cl. The number of carbonyl (C=O) groups is 1. The fraction of sp³-hybridized carbons (Fsp3) is 0.385. The van der Waals surface area contributed by atoms with Crippen LogP contribution in [0.2, 0.25) is 5.02 Å². The highest BCUT2D eigenvalue weighted by molar-refractivity contribution is 6.32. The molecule has 0 spiro atoms. The predicted octanol–water partition coefficient (Wildman–Crippen LogP) is 2.57. The van der Waals surface area contributed by atoms with Crippen molar-refractivity contribution in [3.05, 3.63) is 28.3 Å². The zero-order valence-electron chi connectivity index (χ0n) is 9.98. The number of nitriles is 1. The van der Waals surface area contributed by atoms with Crippen molar-refractivity contribution in [3.8, 4) is 6.07 Å². The number of benzene rings is 1. The summed E-state index contributed by atoms with van der Waals surface area (Å²) in [5.74, 6) is -0.813. The van der Waals surface area contributed by atoms with Gasteiger partial charge < -0.3 is 10.0 Å². The van der Waals surface area contributed by atoms with Gasteiger partial charge in [0.05, 0.1) is 10.6 Å². The highest BCUT2D eigenvalue weighted by Gasteiger charge is 2.31. The number of aliphatic carboxylic acids is 1. The Hall–Kier alpha value is -1.73. The molecule has 1 fully saturated rings. The second-order valence-corrected chi connectivity index (χ2v) is 4.75. The Morgan fingerprint density at radius 3 is 2.94 bits per heavy atom. The third kappa shape index (κ3) is 2.02. The highest BCUT2D eigenvalue weighted by Crippen LogP contribution is 2.33. The summed E-state index contributed by atoms with van der Waals surface area (Å²) in [5, 5.41) is 18.5. The van der Waals surface area contributed by atoms with E-state index in [1.807, 2.05) is 17.9 Å². The van der Waals surface area contributed by atoms with Crippen LogP contribution in [-0.4, -0.2) is 23.7 Å². The van der Waals surface area contributed by atoms with E-state index >= 15 is 0 Å². The molecule has 2 rings (SSSR count). The number of anilines is 1. The number of hydrogen-bond acceptors (Lipinski definition) is 3. The summed E-state index contributed by atoms with van der Waals surface area (Å²) in [5.41, 5.74) is 2.00. The number of rotatable bonds is 2. The Balaban J connectivity index is 2.43. The quantitative estimate of drug-likeness (QED) is 0.892. The molecule has 18 heavy (non-hydrogen) atoms. The molecule has 5 heteroatoms. The van der Waals surface area contributed by atoms with Crippen molar-refractivity contribution in [2.24, 2.45) is 0 Å². The first-order chi connectivity index (χ1) is 8.56. The Morgan fingerprint density at radius 2 is 2.33 bits per heavy atom. The molecule has 0 aliphatic carbocycles. The van der Waals surface area contributed by atoms with Crippen LogP contribution in [0.5, 0.6) is 0 Å². The van der Waals surface area contributed by atoms with Gasteiger partial charge in [-0.1, -0.05) is 11.6 Å². The van der Waals surface area contributed by atoms with Crippen molar-refractivity contribution in [3.63, 3.8) is 0 Å². The molecule has 1 aromatic rings. The van der Waals surface area contributed by atoms with Gasteiger partial charge in [0.2, 0.25) is 0 Å². The third-order valence-corrected chi connectivity index (χ3v) is 3.81. The van der Waals surface area contributed by atoms with Crippen molar-refractivity contribution in [1.82, 2.24) is 0 Å². The van der Waals surface area contributed by atoms with E-state index in [1.54, 1.807) is 12.1 Å². The monoisotopic (exact) mass is 264 g/mol. The van der Waals surface area contributed by atoms with Gasteiger partial charge in [-0.2, -0.15) is 5.26 Å². The number of nitrogens with zero attached hydrogens (tertiary/aromatic N) is 2. The molecule has 4 nitrogen and oxygen atoms in total. The standard InChI is InChI=1S/C13H13ClN2O2/c1-8-10(5-4-9(7-15)12(8)14)16-6-2-3-11(16)13(17)18/h4-5,11H,2-3,6H2,1H3,(H,17,18)/t11-/m0/s1. The summed E-state index contributed by atoms with van der Waals surface area (Å²) in [7, 11) is 0. The summed E-state index contributed by atoms with van der Waals surface area (Å²) < 4.78 is 0. The predicted molar refractivity (Wildman–Crippen MR) is 68.9 cm³/mol. The van der Waals surface area contributed by atoms with Crippen LogP contribution in [0.3, 0.4) is 0 Å². The molecule has 0 aromatic heterocycles. The zero-order valence-corrected chi connectivity index (χ0v) is 10.7. The molecule has 0 saturated carbocycles. The minimum atomic E-state index is -0.813. The minimum Gasteiger partial charge on any atom is -0.480 e. The lowest BCUT2D eigenvalue weighted by Gasteiger charge is -2.26. The van der Waals surface area contributed by atoms with E-state index < -0.39 is 12.0 Å². The molecule has 1 aliphatic heterocycles. The van der Waals surface area contributed by atoms with E-state index in [0.717, 1.165) is 17.7 Å². The molecule has 1 aliphatic rings. The second kappa shape index (κ2) is 4.87. The van der Waals surface area contributed by atoms with E-state index in [9.17, 15) is 9.90 Å². The lowest BCUT2D eigenvalue weighted by Crippen LogP contribution is -2.36. The van der Waals surface area contributed by atoms with E-state index in [2.05, 4.69) is 0 Å². The summed E-state index contributed by atoms with van der Waals surface area (Å²) in [6.45, 7) is 2.52. The topological polar surface area (TPSA) is 64.3 Å². The van der Waals surface area contributed by atoms with Gasteiger partial charge in [-0.15, -0.1) is 0 Å². The molecule has 0 radical (unpaired) electrons. The summed E-state index contributed by atoms with van der Waals surface area (Å²) >= 11 is 6.11. The van der Waals surface area contributed by atoms with Gasteiger partial charge in [0.25, 0.3) is 0 Å². The van der Waals surface area contributed by atoms with Gasteiger partial charge in [-0.05, 0) is 37.5 Å². The van der Waals surface area contributed by atoms with Gasteiger partial charge in [-0.3, -0.25) is 0 Å². The largest absolute Gasteiger partial charge is 0.480 e. The van der Waals surface area contributed by atoms with Crippen LogP contribution < -0.4 is 4.90 Å². The number of carboxylic acids is 1. The minimum absolute atomic E-state index is 0.408. The van der Waals surface area contributed by atoms with Gasteiger partial charge in [0, 0.05) is 12.2 Å². The number of carboxylic acid groups (broad SMARTS) is 1. The first-order valence-electron chi connectivity index (χ1n) is 5.75. The zero-order chi connectivity index (χ0) is 13.3. The van der Waals surface area contributed by atoms with Crippen LogP contribution in [-0.2, 0) is 4.79 Å². The van der Waals surface area contributed by atoms with Crippen molar-refractivity contribution in [1.29, 1.82) is 5.26 Å². The summed E-state index contributed by atoms with van der Waals surface area (Å²) in [4.78, 5) is 13.0.